The van der Waals surface area contributed by atoms with Gasteiger partial charge in [-0.3, -0.25) is 4.79 Å². The first-order valence-electron chi connectivity index (χ1n) is 9.44. The van der Waals surface area contributed by atoms with Crippen LogP contribution in [-0.4, -0.2) is 31.6 Å². The van der Waals surface area contributed by atoms with E-state index in [0.29, 0.717) is 16.1 Å². The molecule has 3 rings (SSSR count). The van der Waals surface area contributed by atoms with Gasteiger partial charge in [-0.15, -0.1) is 11.3 Å². The predicted molar refractivity (Wildman–Crippen MR) is 110 cm³/mol. The standard InChI is InChI=1S/C21H23N3O3S/c1-3-24(4-2)15-10-8-14(9-11-15)21(26)27-13-19(25)23-20-17(12-22)16-6-5-7-18(16)28-20/h8-11H,3-7,13H2,1-2H3,(H,23,25). The Balaban J connectivity index is 1.56. The minimum Gasteiger partial charge on any atom is -0.452 e. The van der Waals surface area contributed by atoms with E-state index in [2.05, 4.69) is 30.1 Å². The normalized spacial score (nSPS) is 12.2. The molecule has 0 unspecified atom stereocenters. The molecule has 0 aliphatic heterocycles. The number of carbonyl (C=O) groups is 2. The van der Waals surface area contributed by atoms with Crippen molar-refractivity contribution in [3.8, 4) is 6.07 Å². The average Bonchev–Trinajstić information content (AvgIpc) is 3.28. The molecule has 0 fully saturated rings. The fraction of sp³-hybridized carbons (Fsp3) is 0.381. The highest BCUT2D eigenvalue weighted by Gasteiger charge is 2.23. The first kappa shape index (κ1) is 19.9. The van der Waals surface area contributed by atoms with E-state index >= 15 is 0 Å². The van der Waals surface area contributed by atoms with Gasteiger partial charge in [0.25, 0.3) is 5.91 Å². The summed E-state index contributed by atoms with van der Waals surface area (Å²) in [6.07, 6.45) is 2.88. The molecule has 1 aromatic heterocycles. The number of anilines is 2. The molecule has 1 heterocycles. The van der Waals surface area contributed by atoms with Gasteiger partial charge >= 0.3 is 5.97 Å². The van der Waals surface area contributed by atoms with Gasteiger partial charge in [0.1, 0.15) is 11.1 Å². The van der Waals surface area contributed by atoms with Crippen LogP contribution in [0.1, 0.15) is 46.6 Å². The minimum atomic E-state index is -0.546. The second kappa shape index (κ2) is 8.89. The fourth-order valence-corrected chi connectivity index (χ4v) is 4.64. The Hall–Kier alpha value is -2.85. The molecule has 0 saturated heterocycles. The number of benzene rings is 1. The van der Waals surface area contributed by atoms with Crippen molar-refractivity contribution in [1.29, 1.82) is 5.26 Å². The van der Waals surface area contributed by atoms with Crippen molar-refractivity contribution in [1.82, 2.24) is 0 Å². The third kappa shape index (κ3) is 4.18. The Morgan fingerprint density at radius 1 is 1.21 bits per heavy atom. The Bertz CT molecular complexity index is 908. The number of aryl methyl sites for hydroxylation is 1. The number of nitrogens with zero attached hydrogens (tertiary/aromatic N) is 2. The number of ether oxygens (including phenoxy) is 1. The number of thiophene rings is 1. The van der Waals surface area contributed by atoms with E-state index in [1.807, 2.05) is 12.1 Å². The van der Waals surface area contributed by atoms with Gasteiger partial charge in [-0.2, -0.15) is 5.26 Å². The number of hydrogen-bond acceptors (Lipinski definition) is 6. The summed E-state index contributed by atoms with van der Waals surface area (Å²) < 4.78 is 5.12. The molecule has 28 heavy (non-hydrogen) atoms. The smallest absolute Gasteiger partial charge is 0.338 e. The number of esters is 1. The molecular weight excluding hydrogens is 374 g/mol. The number of nitrogens with one attached hydrogen (secondary N) is 1. The van der Waals surface area contributed by atoms with Gasteiger partial charge in [-0.25, -0.2) is 4.79 Å². The summed E-state index contributed by atoms with van der Waals surface area (Å²) in [5, 5.41) is 12.6. The summed E-state index contributed by atoms with van der Waals surface area (Å²) in [5.74, 6) is -0.986. The largest absolute Gasteiger partial charge is 0.452 e. The van der Waals surface area contributed by atoms with Gasteiger partial charge < -0.3 is 15.0 Å². The van der Waals surface area contributed by atoms with E-state index in [1.165, 1.54) is 11.3 Å². The number of rotatable bonds is 7. The summed E-state index contributed by atoms with van der Waals surface area (Å²) in [7, 11) is 0. The summed E-state index contributed by atoms with van der Waals surface area (Å²) in [6, 6.07) is 9.32. The Morgan fingerprint density at radius 2 is 1.93 bits per heavy atom. The van der Waals surface area contributed by atoms with Crippen LogP contribution < -0.4 is 10.2 Å². The maximum Gasteiger partial charge on any atom is 0.338 e. The Morgan fingerprint density at radius 3 is 2.57 bits per heavy atom. The number of hydrogen-bond donors (Lipinski definition) is 1. The highest BCUT2D eigenvalue weighted by atomic mass is 32.1. The van der Waals surface area contributed by atoms with Crippen LogP contribution in [0.4, 0.5) is 10.7 Å². The predicted octanol–water partition coefficient (Wildman–Crippen LogP) is 3.75. The van der Waals surface area contributed by atoms with Crippen molar-refractivity contribution in [3.05, 3.63) is 45.8 Å². The van der Waals surface area contributed by atoms with Crippen molar-refractivity contribution in [2.24, 2.45) is 0 Å². The van der Waals surface area contributed by atoms with E-state index in [1.54, 1.807) is 12.1 Å². The molecule has 146 valence electrons. The molecule has 0 saturated carbocycles. The van der Waals surface area contributed by atoms with Gasteiger partial charge in [0.15, 0.2) is 6.61 Å². The average molecular weight is 398 g/mol. The molecule has 0 atom stereocenters. The first-order chi connectivity index (χ1) is 13.6. The summed E-state index contributed by atoms with van der Waals surface area (Å²) in [5.41, 5.74) is 3.03. The quantitative estimate of drug-likeness (QED) is 0.720. The highest BCUT2D eigenvalue weighted by Crippen LogP contribution is 2.38. The number of nitriles is 1. The van der Waals surface area contributed by atoms with Gasteiger partial charge in [0, 0.05) is 23.7 Å². The summed E-state index contributed by atoms with van der Waals surface area (Å²) >= 11 is 1.44. The van der Waals surface area contributed by atoms with Crippen LogP contribution in [0, 0.1) is 11.3 Å². The van der Waals surface area contributed by atoms with Crippen LogP contribution in [0.25, 0.3) is 0 Å². The molecule has 0 spiro atoms. The van der Waals surface area contributed by atoms with E-state index in [9.17, 15) is 14.9 Å². The lowest BCUT2D eigenvalue weighted by atomic mass is 10.1. The van der Waals surface area contributed by atoms with Crippen molar-refractivity contribution >= 4 is 33.9 Å². The third-order valence-corrected chi connectivity index (χ3v) is 6.06. The molecule has 6 nitrogen and oxygen atoms in total. The maximum absolute atomic E-state index is 12.2. The number of fused-ring (bicyclic) bond motifs is 1. The Labute approximate surface area is 168 Å². The second-order valence-electron chi connectivity index (χ2n) is 6.52. The van der Waals surface area contributed by atoms with E-state index in [4.69, 9.17) is 4.74 Å². The lowest BCUT2D eigenvalue weighted by Gasteiger charge is -2.20. The minimum absolute atomic E-state index is 0.385. The first-order valence-corrected chi connectivity index (χ1v) is 10.3. The van der Waals surface area contributed by atoms with Crippen molar-refractivity contribution < 1.29 is 14.3 Å². The maximum atomic E-state index is 12.2. The molecule has 1 aliphatic rings. The number of carbonyl (C=O) groups excluding carboxylic acids is 2. The van der Waals surface area contributed by atoms with Crippen molar-refractivity contribution in [2.75, 3.05) is 29.9 Å². The fourth-order valence-electron chi connectivity index (χ4n) is 3.38. The van der Waals surface area contributed by atoms with Crippen LogP contribution in [0.2, 0.25) is 0 Å². The lowest BCUT2D eigenvalue weighted by molar-refractivity contribution is -0.119. The monoisotopic (exact) mass is 397 g/mol. The van der Waals surface area contributed by atoms with Gasteiger partial charge in [0.05, 0.1) is 11.1 Å². The van der Waals surface area contributed by atoms with Crippen LogP contribution in [0.15, 0.2) is 24.3 Å². The van der Waals surface area contributed by atoms with E-state index < -0.39 is 11.9 Å². The second-order valence-corrected chi connectivity index (χ2v) is 7.62. The van der Waals surface area contributed by atoms with Gasteiger partial charge in [-0.05, 0) is 62.9 Å². The zero-order chi connectivity index (χ0) is 20.1. The molecule has 7 heteroatoms. The zero-order valence-electron chi connectivity index (χ0n) is 16.1. The highest BCUT2D eigenvalue weighted by molar-refractivity contribution is 7.16. The molecular formula is C21H23N3O3S. The third-order valence-electron chi connectivity index (χ3n) is 4.85. The van der Waals surface area contributed by atoms with Gasteiger partial charge in [0.2, 0.25) is 0 Å². The molecule has 1 amide bonds. The molecule has 0 bridgehead atoms. The molecule has 0 radical (unpaired) electrons. The van der Waals surface area contributed by atoms with Gasteiger partial charge in [-0.1, -0.05) is 0 Å². The summed E-state index contributed by atoms with van der Waals surface area (Å²) in [6.45, 7) is 5.53. The molecule has 1 aliphatic carbocycles. The Kier molecular flexibility index (Phi) is 6.32. The molecule has 1 N–H and O–H groups in total. The van der Waals surface area contributed by atoms with Crippen molar-refractivity contribution in [2.45, 2.75) is 33.1 Å². The SMILES string of the molecule is CCN(CC)c1ccc(C(=O)OCC(=O)Nc2sc3c(c2C#N)CCC3)cc1. The lowest BCUT2D eigenvalue weighted by Crippen LogP contribution is -2.22. The van der Waals surface area contributed by atoms with Crippen LogP contribution in [-0.2, 0) is 22.4 Å². The van der Waals surface area contributed by atoms with E-state index in [-0.39, 0.29) is 6.61 Å². The van der Waals surface area contributed by atoms with Crippen LogP contribution >= 0.6 is 11.3 Å². The molecule has 2 aromatic rings. The van der Waals surface area contributed by atoms with E-state index in [0.717, 1.165) is 48.5 Å². The number of amides is 1. The summed E-state index contributed by atoms with van der Waals surface area (Å²) in [4.78, 5) is 27.7. The molecule has 1 aromatic carbocycles. The van der Waals surface area contributed by atoms with Crippen LogP contribution in [0.3, 0.4) is 0 Å². The van der Waals surface area contributed by atoms with Crippen LogP contribution in [0.5, 0.6) is 0 Å². The topological polar surface area (TPSA) is 82.4 Å². The van der Waals surface area contributed by atoms with Crippen molar-refractivity contribution in [3.63, 3.8) is 0 Å². The zero-order valence-corrected chi connectivity index (χ0v) is 16.9.